The summed E-state index contributed by atoms with van der Waals surface area (Å²) in [5.74, 6) is 0. The average molecular weight is 593 g/mol. The molecule has 0 fully saturated rings. The highest BCUT2D eigenvalue weighted by Gasteiger charge is 2.43. The van der Waals surface area contributed by atoms with Crippen LogP contribution in [0.5, 0.6) is 0 Å². The lowest BCUT2D eigenvalue weighted by Crippen LogP contribution is -2.17. The van der Waals surface area contributed by atoms with Gasteiger partial charge < -0.3 is 0 Å². The molecule has 2 heteroatoms. The van der Waals surface area contributed by atoms with Crippen LogP contribution in [0.3, 0.4) is 0 Å². The molecule has 2 heterocycles. The van der Waals surface area contributed by atoms with Crippen molar-refractivity contribution in [3.8, 4) is 44.5 Å². The normalized spacial score (nSPS) is 15.1. The van der Waals surface area contributed by atoms with E-state index in [1.54, 1.807) is 0 Å². The lowest BCUT2D eigenvalue weighted by molar-refractivity contribution is 0.652. The van der Waals surface area contributed by atoms with Gasteiger partial charge in [0.1, 0.15) is 0 Å². The molecule has 7 aromatic rings. The van der Waals surface area contributed by atoms with Gasteiger partial charge in [0, 0.05) is 45.1 Å². The Hall–Kier alpha value is -5.08. The Morgan fingerprint density at radius 3 is 1.28 bits per heavy atom. The molecule has 2 aliphatic rings. The van der Waals surface area contributed by atoms with Crippen LogP contribution in [0.25, 0.3) is 66.3 Å². The zero-order chi connectivity index (χ0) is 31.5. The van der Waals surface area contributed by atoms with E-state index in [2.05, 4.69) is 126 Å². The van der Waals surface area contributed by atoms with Crippen molar-refractivity contribution < 1.29 is 0 Å². The van der Waals surface area contributed by atoms with Gasteiger partial charge in [0.05, 0.1) is 11.0 Å². The average Bonchev–Trinajstić information content (AvgIpc) is 3.42. The summed E-state index contributed by atoms with van der Waals surface area (Å²) in [5, 5.41) is 2.35. The van der Waals surface area contributed by atoms with Crippen molar-refractivity contribution in [3.63, 3.8) is 0 Å². The van der Waals surface area contributed by atoms with Crippen LogP contribution in [0.4, 0.5) is 0 Å². The van der Waals surface area contributed by atoms with Crippen LogP contribution in [0.15, 0.2) is 109 Å². The van der Waals surface area contributed by atoms with E-state index >= 15 is 0 Å². The second kappa shape index (κ2) is 9.23. The summed E-state index contributed by atoms with van der Waals surface area (Å²) in [4.78, 5) is 9.56. The fourth-order valence-electron chi connectivity index (χ4n) is 8.60. The Bertz CT molecular complexity index is 2260. The minimum atomic E-state index is -0.131. The number of hydrogen-bond acceptors (Lipinski definition) is 2. The zero-order valence-corrected chi connectivity index (χ0v) is 27.3. The molecule has 2 aromatic heterocycles. The molecule has 0 saturated carbocycles. The largest absolute Gasteiger partial charge is 0.256 e. The van der Waals surface area contributed by atoms with Gasteiger partial charge in [-0.1, -0.05) is 88.4 Å². The summed E-state index contributed by atoms with van der Waals surface area (Å²) in [6, 6.07) is 36.0. The van der Waals surface area contributed by atoms with Gasteiger partial charge in [0.25, 0.3) is 0 Å². The number of para-hydroxylation sites is 2. The molecule has 2 aliphatic carbocycles. The Kier molecular flexibility index (Phi) is 5.47. The number of hydrogen-bond donors (Lipinski definition) is 0. The SMILES string of the molecule is Cc1cc(-c2cccc3cccnc23)cc2c1-c1cc3c(cc1C2(C)C)-c1c(C)cc(-c2cccc4cccnc24)cc1C3(C)C. The van der Waals surface area contributed by atoms with Crippen molar-refractivity contribution in [3.05, 3.63) is 143 Å². The highest BCUT2D eigenvalue weighted by Crippen LogP contribution is 2.58. The summed E-state index contributed by atoms with van der Waals surface area (Å²) in [6.07, 6.45) is 3.80. The molecule has 222 valence electrons. The second-order valence-corrected chi connectivity index (χ2v) is 14.4. The van der Waals surface area contributed by atoms with Crippen LogP contribution >= 0.6 is 0 Å². The minimum absolute atomic E-state index is 0.131. The summed E-state index contributed by atoms with van der Waals surface area (Å²) >= 11 is 0. The van der Waals surface area contributed by atoms with E-state index in [4.69, 9.17) is 9.97 Å². The molecule has 46 heavy (non-hydrogen) atoms. The third-order valence-corrected chi connectivity index (χ3v) is 10.9. The third-order valence-electron chi connectivity index (χ3n) is 10.9. The van der Waals surface area contributed by atoms with E-state index in [1.807, 2.05) is 24.5 Å². The van der Waals surface area contributed by atoms with Crippen molar-refractivity contribution in [1.82, 2.24) is 9.97 Å². The predicted molar refractivity (Wildman–Crippen MR) is 193 cm³/mol. The van der Waals surface area contributed by atoms with Crippen LogP contribution in [0.1, 0.15) is 61.1 Å². The monoisotopic (exact) mass is 592 g/mol. The Labute approximate surface area is 270 Å². The fourth-order valence-corrected chi connectivity index (χ4v) is 8.60. The van der Waals surface area contributed by atoms with E-state index in [-0.39, 0.29) is 10.8 Å². The number of nitrogens with zero attached hydrogens (tertiary/aromatic N) is 2. The molecular weight excluding hydrogens is 556 g/mol. The Morgan fingerprint density at radius 1 is 0.435 bits per heavy atom. The van der Waals surface area contributed by atoms with Crippen LogP contribution in [-0.4, -0.2) is 9.97 Å². The maximum absolute atomic E-state index is 4.78. The van der Waals surface area contributed by atoms with Crippen molar-refractivity contribution in [1.29, 1.82) is 0 Å². The number of fused-ring (bicyclic) bond motifs is 8. The number of pyridine rings is 2. The smallest absolute Gasteiger partial charge is 0.0780 e. The van der Waals surface area contributed by atoms with Gasteiger partial charge in [-0.15, -0.1) is 0 Å². The van der Waals surface area contributed by atoms with Crippen molar-refractivity contribution in [2.75, 3.05) is 0 Å². The third kappa shape index (κ3) is 3.59. The number of benzene rings is 5. The molecule has 0 aliphatic heterocycles. The minimum Gasteiger partial charge on any atom is -0.256 e. The van der Waals surface area contributed by atoms with Crippen LogP contribution < -0.4 is 0 Å². The highest BCUT2D eigenvalue weighted by molar-refractivity contribution is 5.98. The molecule has 0 unspecified atom stereocenters. The first-order valence-corrected chi connectivity index (χ1v) is 16.3. The van der Waals surface area contributed by atoms with Gasteiger partial charge >= 0.3 is 0 Å². The topological polar surface area (TPSA) is 25.8 Å². The molecule has 0 saturated heterocycles. The molecule has 2 nitrogen and oxygen atoms in total. The second-order valence-electron chi connectivity index (χ2n) is 14.4. The van der Waals surface area contributed by atoms with E-state index < -0.39 is 0 Å². The molecule has 9 rings (SSSR count). The Morgan fingerprint density at radius 2 is 0.848 bits per heavy atom. The first-order valence-electron chi connectivity index (χ1n) is 16.3. The summed E-state index contributed by atoms with van der Waals surface area (Å²) < 4.78 is 0. The first kappa shape index (κ1) is 27.2. The van der Waals surface area contributed by atoms with Gasteiger partial charge in [-0.3, -0.25) is 9.97 Å². The van der Waals surface area contributed by atoms with Gasteiger partial charge in [0.15, 0.2) is 0 Å². The summed E-state index contributed by atoms with van der Waals surface area (Å²) in [5.41, 5.74) is 20.6. The summed E-state index contributed by atoms with van der Waals surface area (Å²) in [7, 11) is 0. The summed E-state index contributed by atoms with van der Waals surface area (Å²) in [6.45, 7) is 14.2. The molecular formula is C44H36N2. The van der Waals surface area contributed by atoms with Crippen LogP contribution in [0, 0.1) is 13.8 Å². The molecule has 0 atom stereocenters. The maximum Gasteiger partial charge on any atom is 0.0780 e. The first-order chi connectivity index (χ1) is 22.1. The van der Waals surface area contributed by atoms with E-state index in [0.29, 0.717) is 0 Å². The lowest BCUT2D eigenvalue weighted by atomic mass is 9.79. The fraction of sp³-hybridized carbons (Fsp3) is 0.182. The number of aromatic nitrogens is 2. The molecule has 5 aromatic carbocycles. The highest BCUT2D eigenvalue weighted by atomic mass is 14.7. The molecule has 0 bridgehead atoms. The molecule has 0 N–H and O–H groups in total. The van der Waals surface area contributed by atoms with E-state index in [9.17, 15) is 0 Å². The van der Waals surface area contributed by atoms with Crippen molar-refractivity contribution >= 4 is 21.8 Å². The van der Waals surface area contributed by atoms with Crippen molar-refractivity contribution in [2.24, 2.45) is 0 Å². The van der Waals surface area contributed by atoms with Gasteiger partial charge in [-0.25, -0.2) is 0 Å². The van der Waals surface area contributed by atoms with Gasteiger partial charge in [-0.2, -0.15) is 0 Å². The van der Waals surface area contributed by atoms with Crippen LogP contribution in [0.2, 0.25) is 0 Å². The zero-order valence-electron chi connectivity index (χ0n) is 27.3. The number of rotatable bonds is 2. The predicted octanol–water partition coefficient (Wildman–Crippen LogP) is 11.3. The van der Waals surface area contributed by atoms with E-state index in [1.165, 1.54) is 88.7 Å². The molecule has 0 radical (unpaired) electrons. The quantitative estimate of drug-likeness (QED) is 0.200. The Balaban J connectivity index is 1.22. The molecule has 0 amide bonds. The lowest BCUT2D eigenvalue weighted by Gasteiger charge is -2.24. The van der Waals surface area contributed by atoms with Gasteiger partial charge in [0.2, 0.25) is 0 Å². The maximum atomic E-state index is 4.78. The van der Waals surface area contributed by atoms with Crippen LogP contribution in [-0.2, 0) is 10.8 Å². The molecule has 0 spiro atoms. The van der Waals surface area contributed by atoms with Gasteiger partial charge in [-0.05, 0) is 117 Å². The van der Waals surface area contributed by atoms with Crippen molar-refractivity contribution in [2.45, 2.75) is 52.4 Å². The standard InChI is InChI=1S/C44H36N2/c1-25-19-29(31-15-7-11-27-13-9-17-45-41(27)31)21-37-39(25)33-23-36-34(24-35(33)43(37,3)4)40-26(2)20-30(22-38(40)44(36,5)6)32-16-8-12-28-14-10-18-46-42(28)32/h7-24H,1-6H3. The van der Waals surface area contributed by atoms with E-state index in [0.717, 1.165) is 11.0 Å². The number of aryl methyl sites for hydroxylation is 2.